The van der Waals surface area contributed by atoms with Gasteiger partial charge in [-0.1, -0.05) is 18.2 Å². The Morgan fingerprint density at radius 3 is 2.10 bits per heavy atom. The molecule has 2 aliphatic rings. The number of pyridine rings is 1. The number of amides is 1. The second-order valence-corrected chi connectivity index (χ2v) is 12.6. The molecule has 0 bridgehead atoms. The summed E-state index contributed by atoms with van der Waals surface area (Å²) in [5, 5.41) is 2.70. The number of alkyl halides is 7. The number of carbonyl (C=O) groups excluding carboxylic acids is 1. The molecular formula is C28H22F8N2O3S. The molecule has 1 N–H and O–H groups in total. The van der Waals surface area contributed by atoms with Crippen LogP contribution in [0.2, 0.25) is 0 Å². The van der Waals surface area contributed by atoms with Crippen LogP contribution in [0.25, 0.3) is 0 Å². The predicted octanol–water partition coefficient (Wildman–Crippen LogP) is 6.79. The maximum atomic E-state index is 14.9. The number of nitrogens with zero attached hydrogens (tertiary/aromatic N) is 1. The van der Waals surface area contributed by atoms with Crippen LogP contribution in [-0.2, 0) is 31.5 Å². The molecule has 1 aromatic heterocycles. The SMILES string of the molecule is O=C(Nc1ccncc1)[C@@H]1CC[C@@]2(S(=O)(=O)c3ccc(F)cc3)c3ccc(C(F)(C(F)(F)F)C(F)(F)F)cc3CC[C@@H]12. The van der Waals surface area contributed by atoms with Gasteiger partial charge in [-0.25, -0.2) is 17.2 Å². The van der Waals surface area contributed by atoms with Crippen molar-refractivity contribution in [1.29, 1.82) is 0 Å². The van der Waals surface area contributed by atoms with Gasteiger partial charge in [-0.15, -0.1) is 0 Å². The van der Waals surface area contributed by atoms with Gasteiger partial charge in [-0.2, -0.15) is 26.3 Å². The zero-order valence-electron chi connectivity index (χ0n) is 21.4. The first-order valence-electron chi connectivity index (χ1n) is 12.7. The van der Waals surface area contributed by atoms with Crippen molar-refractivity contribution in [1.82, 2.24) is 4.98 Å². The molecule has 1 saturated carbocycles. The van der Waals surface area contributed by atoms with Crippen LogP contribution in [-0.4, -0.2) is 31.7 Å². The molecule has 5 rings (SSSR count). The van der Waals surface area contributed by atoms with Crippen molar-refractivity contribution >= 4 is 21.4 Å². The first-order chi connectivity index (χ1) is 19.5. The summed E-state index contributed by atoms with van der Waals surface area (Å²) in [4.78, 5) is 16.9. The molecule has 3 atom stereocenters. The fourth-order valence-electron chi connectivity index (χ4n) is 6.36. The van der Waals surface area contributed by atoms with Crippen LogP contribution in [0.3, 0.4) is 0 Å². The van der Waals surface area contributed by atoms with Gasteiger partial charge in [-0.05, 0) is 79.1 Å². The highest BCUT2D eigenvalue weighted by molar-refractivity contribution is 7.92. The average molecular weight is 619 g/mol. The van der Waals surface area contributed by atoms with Crippen LogP contribution < -0.4 is 5.32 Å². The molecule has 5 nitrogen and oxygen atoms in total. The molecule has 2 aliphatic carbocycles. The molecule has 14 heteroatoms. The molecule has 2 aromatic carbocycles. The maximum absolute atomic E-state index is 14.9. The Labute approximate surface area is 234 Å². The van der Waals surface area contributed by atoms with Crippen LogP contribution in [0.5, 0.6) is 0 Å². The number of fused-ring (bicyclic) bond motifs is 3. The fourth-order valence-corrected chi connectivity index (χ4v) is 8.83. The quantitative estimate of drug-likeness (QED) is 0.253. The van der Waals surface area contributed by atoms with E-state index in [4.69, 9.17) is 0 Å². The molecule has 0 aliphatic heterocycles. The van der Waals surface area contributed by atoms with Crippen molar-refractivity contribution in [2.24, 2.45) is 11.8 Å². The van der Waals surface area contributed by atoms with Gasteiger partial charge in [0.15, 0.2) is 9.84 Å². The summed E-state index contributed by atoms with van der Waals surface area (Å²) in [5.41, 5.74) is -7.36. The average Bonchev–Trinajstić information content (AvgIpc) is 3.34. The summed E-state index contributed by atoms with van der Waals surface area (Å²) in [7, 11) is -4.53. The van der Waals surface area contributed by atoms with Crippen LogP contribution in [0, 0.1) is 17.7 Å². The van der Waals surface area contributed by atoms with Gasteiger partial charge < -0.3 is 5.32 Å². The Balaban J connectivity index is 1.67. The van der Waals surface area contributed by atoms with E-state index in [1.54, 1.807) is 0 Å². The lowest BCUT2D eigenvalue weighted by Gasteiger charge is -2.42. The van der Waals surface area contributed by atoms with Gasteiger partial charge >= 0.3 is 18.0 Å². The van der Waals surface area contributed by atoms with E-state index < -0.39 is 61.7 Å². The van der Waals surface area contributed by atoms with E-state index in [2.05, 4.69) is 10.3 Å². The van der Waals surface area contributed by atoms with Crippen molar-refractivity contribution < 1.29 is 48.3 Å². The Morgan fingerprint density at radius 2 is 1.50 bits per heavy atom. The number of halogens is 8. The number of aromatic nitrogens is 1. The largest absolute Gasteiger partial charge is 0.435 e. The topological polar surface area (TPSA) is 76.1 Å². The minimum atomic E-state index is -6.35. The van der Waals surface area contributed by atoms with Crippen LogP contribution in [0.15, 0.2) is 71.9 Å². The van der Waals surface area contributed by atoms with Gasteiger partial charge in [-0.3, -0.25) is 9.78 Å². The molecule has 42 heavy (non-hydrogen) atoms. The Morgan fingerprint density at radius 1 is 0.881 bits per heavy atom. The number of rotatable bonds is 5. The molecule has 0 saturated heterocycles. The molecule has 0 spiro atoms. The van der Waals surface area contributed by atoms with Crippen molar-refractivity contribution in [2.45, 2.75) is 53.3 Å². The standard InChI is InChI=1S/C28H22F8N2O3S/c29-18-3-5-20(6-4-18)42(40,41)25-12-9-21(24(39)38-19-10-13-37-14-11-19)23(25)7-1-16-15-17(2-8-22(16)25)26(30,27(31,32)33)28(34,35)36/h2-6,8,10-11,13-15,21,23H,1,7,9,12H2,(H,37,38,39)/t21-,23+,25-/m1/s1. The lowest BCUT2D eigenvalue weighted by molar-refractivity contribution is -0.348. The minimum Gasteiger partial charge on any atom is -0.326 e. The third-order valence-electron chi connectivity index (χ3n) is 8.26. The van der Waals surface area contributed by atoms with E-state index in [1.165, 1.54) is 24.5 Å². The van der Waals surface area contributed by atoms with Gasteiger partial charge in [0.2, 0.25) is 5.91 Å². The second-order valence-electron chi connectivity index (χ2n) is 10.4. The monoisotopic (exact) mass is 618 g/mol. The van der Waals surface area contributed by atoms with Crippen molar-refractivity contribution in [3.63, 3.8) is 0 Å². The third kappa shape index (κ3) is 4.45. The molecular weight excluding hydrogens is 596 g/mol. The first-order valence-corrected chi connectivity index (χ1v) is 14.2. The summed E-state index contributed by atoms with van der Waals surface area (Å²) in [5.74, 6) is -3.13. The van der Waals surface area contributed by atoms with Crippen molar-refractivity contribution in [3.8, 4) is 0 Å². The van der Waals surface area contributed by atoms with E-state index in [0.717, 1.165) is 30.3 Å². The number of benzene rings is 2. The minimum absolute atomic E-state index is 0.0152. The molecule has 224 valence electrons. The molecule has 1 fully saturated rings. The summed E-state index contributed by atoms with van der Waals surface area (Å²) in [6.07, 6.45) is -10.4. The summed E-state index contributed by atoms with van der Waals surface area (Å²) >= 11 is 0. The van der Waals surface area contributed by atoms with Crippen molar-refractivity contribution in [2.75, 3.05) is 5.32 Å². The van der Waals surface area contributed by atoms with Crippen LogP contribution in [0.1, 0.15) is 36.0 Å². The second kappa shape index (κ2) is 10.0. The number of hydrogen-bond donors (Lipinski definition) is 1. The van der Waals surface area contributed by atoms with E-state index in [1.807, 2.05) is 0 Å². The zero-order valence-corrected chi connectivity index (χ0v) is 22.3. The van der Waals surface area contributed by atoms with Gasteiger partial charge in [0, 0.05) is 29.6 Å². The molecule has 0 unspecified atom stereocenters. The van der Waals surface area contributed by atoms with Crippen LogP contribution >= 0.6 is 0 Å². The fraction of sp³-hybridized carbons (Fsp3) is 0.357. The zero-order chi connectivity index (χ0) is 30.7. The summed E-state index contributed by atoms with van der Waals surface area (Å²) < 4.78 is 136. The summed E-state index contributed by atoms with van der Waals surface area (Å²) in [6.45, 7) is 0. The van der Waals surface area contributed by atoms with Gasteiger partial charge in [0.25, 0.3) is 0 Å². The highest BCUT2D eigenvalue weighted by Gasteiger charge is 2.73. The van der Waals surface area contributed by atoms with Crippen molar-refractivity contribution in [3.05, 3.63) is 89.5 Å². The molecule has 0 radical (unpaired) electrons. The lowest BCUT2D eigenvalue weighted by Crippen LogP contribution is -2.51. The Bertz CT molecular complexity index is 1590. The maximum Gasteiger partial charge on any atom is 0.435 e. The highest BCUT2D eigenvalue weighted by Crippen LogP contribution is 2.60. The Hall–Kier alpha value is -3.55. The molecule has 1 heterocycles. The van der Waals surface area contributed by atoms with E-state index in [9.17, 15) is 48.3 Å². The van der Waals surface area contributed by atoms with E-state index in [0.29, 0.717) is 17.8 Å². The van der Waals surface area contributed by atoms with E-state index >= 15 is 0 Å². The predicted molar refractivity (Wildman–Crippen MR) is 134 cm³/mol. The van der Waals surface area contributed by atoms with Crippen LogP contribution in [0.4, 0.5) is 40.8 Å². The van der Waals surface area contributed by atoms with Gasteiger partial charge in [0.05, 0.1) is 4.90 Å². The highest BCUT2D eigenvalue weighted by atomic mass is 32.2. The Kier molecular flexibility index (Phi) is 7.14. The molecule has 1 amide bonds. The molecule has 3 aromatic rings. The smallest absolute Gasteiger partial charge is 0.326 e. The number of anilines is 1. The number of aryl methyl sites for hydroxylation is 1. The third-order valence-corrected chi connectivity index (χ3v) is 10.8. The number of sulfone groups is 1. The van der Waals surface area contributed by atoms with E-state index in [-0.39, 0.29) is 41.7 Å². The number of carbonyl (C=O) groups is 1. The number of nitrogens with one attached hydrogen (secondary N) is 1. The normalized spacial score (nSPS) is 22.8. The van der Waals surface area contributed by atoms with Gasteiger partial charge in [0.1, 0.15) is 10.6 Å². The number of hydrogen-bond acceptors (Lipinski definition) is 4. The lowest BCUT2D eigenvalue weighted by atomic mass is 9.72. The first kappa shape index (κ1) is 29.9. The summed E-state index contributed by atoms with van der Waals surface area (Å²) in [6, 6.07) is 8.33.